The molecule has 402 valence electrons. The zero-order valence-corrected chi connectivity index (χ0v) is 43.8. The van der Waals surface area contributed by atoms with E-state index in [2.05, 4.69) is 16.0 Å². The van der Waals surface area contributed by atoms with Gasteiger partial charge in [-0.15, -0.1) is 0 Å². The largest absolute Gasteiger partial charge is 0.381 e. The number of carbonyl (C=O) groups is 5. The Morgan fingerprint density at radius 3 is 1.36 bits per heavy atom. The number of carbonyl (C=O) groups excluding carboxylic acids is 5. The molecule has 75 heavy (non-hydrogen) atoms. The van der Waals surface area contributed by atoms with Crippen LogP contribution in [0.25, 0.3) is 11.1 Å². The van der Waals surface area contributed by atoms with Crippen LogP contribution in [0.5, 0.6) is 0 Å². The summed E-state index contributed by atoms with van der Waals surface area (Å²) in [5.41, 5.74) is 4.46. The number of nitrogens with zero attached hydrogens (tertiary/aromatic N) is 4. The maximum Gasteiger partial charge on any atom is 0.253 e. The summed E-state index contributed by atoms with van der Waals surface area (Å²) in [6.07, 6.45) is 7.04. The van der Waals surface area contributed by atoms with Gasteiger partial charge in [-0.05, 0) is 168 Å². The molecule has 4 aromatic carbocycles. The SMILES string of the molecule is CN[C@@H](C)C(=O)N[C@H](C(=O)N1CCC[C@H]1CN(CCc1ccc(F)cc1)C(=O)c1ccc(-c2ccc(C(=O)N(CCc3ccc(F)cc3)C[C@@H]3CCCN3C(=O)[C@@H](NC)C3CCOCC3)cc2)cc1)C1CCOCC1. The Morgan fingerprint density at radius 2 is 0.960 bits per heavy atom. The Labute approximate surface area is 440 Å². The molecule has 4 saturated heterocycles. The van der Waals surface area contributed by atoms with E-state index in [4.69, 9.17) is 9.47 Å². The van der Waals surface area contributed by atoms with Gasteiger partial charge in [0.1, 0.15) is 17.7 Å². The Kier molecular flexibility index (Phi) is 19.6. The van der Waals surface area contributed by atoms with Crippen molar-refractivity contribution in [2.24, 2.45) is 11.8 Å². The summed E-state index contributed by atoms with van der Waals surface area (Å²) in [6, 6.07) is 25.4. The fraction of sp³-hybridized carbons (Fsp3) is 0.508. The van der Waals surface area contributed by atoms with Gasteiger partial charge in [-0.2, -0.15) is 0 Å². The number of hydrogen-bond donors (Lipinski definition) is 3. The Morgan fingerprint density at radius 1 is 0.560 bits per heavy atom. The number of amides is 5. The molecule has 0 bridgehead atoms. The fourth-order valence-corrected chi connectivity index (χ4v) is 11.3. The van der Waals surface area contributed by atoms with E-state index < -0.39 is 12.1 Å². The number of ether oxygens (including phenoxy) is 2. The highest BCUT2D eigenvalue weighted by molar-refractivity contribution is 5.96. The van der Waals surface area contributed by atoms with Crippen LogP contribution >= 0.6 is 0 Å². The minimum absolute atomic E-state index is 0.0674. The summed E-state index contributed by atoms with van der Waals surface area (Å²) in [4.78, 5) is 78.4. The van der Waals surface area contributed by atoms with Gasteiger partial charge in [0.2, 0.25) is 17.7 Å². The minimum atomic E-state index is -0.716. The normalized spacial score (nSPS) is 19.6. The molecule has 4 aliphatic heterocycles. The lowest BCUT2D eigenvalue weighted by Crippen LogP contribution is -2.58. The van der Waals surface area contributed by atoms with Crippen molar-refractivity contribution in [2.45, 2.75) is 101 Å². The lowest BCUT2D eigenvalue weighted by atomic mass is 9.90. The van der Waals surface area contributed by atoms with Crippen LogP contribution in [0.1, 0.15) is 90.1 Å². The molecule has 14 nitrogen and oxygen atoms in total. The number of nitrogens with one attached hydrogen (secondary N) is 3. The first-order valence-corrected chi connectivity index (χ1v) is 27.1. The molecule has 5 atom stereocenters. The van der Waals surface area contributed by atoms with E-state index >= 15 is 0 Å². The van der Waals surface area contributed by atoms with Crippen molar-refractivity contribution < 1.29 is 42.2 Å². The fourth-order valence-electron chi connectivity index (χ4n) is 11.3. The van der Waals surface area contributed by atoms with E-state index in [0.29, 0.717) is 102 Å². The number of benzene rings is 4. The van der Waals surface area contributed by atoms with Crippen LogP contribution in [0.4, 0.5) is 8.78 Å². The Hall–Kier alpha value is -6.07. The summed E-state index contributed by atoms with van der Waals surface area (Å²) in [7, 11) is 3.55. The first-order chi connectivity index (χ1) is 36.4. The highest BCUT2D eigenvalue weighted by atomic mass is 19.1. The van der Waals surface area contributed by atoms with Crippen LogP contribution in [0, 0.1) is 23.5 Å². The number of likely N-dealkylation sites (N-methyl/N-ethyl adjacent to an activating group) is 2. The molecule has 0 aliphatic carbocycles. The van der Waals surface area contributed by atoms with E-state index in [0.717, 1.165) is 54.4 Å². The van der Waals surface area contributed by atoms with Crippen molar-refractivity contribution in [1.29, 1.82) is 0 Å². The van der Waals surface area contributed by atoms with Crippen molar-refractivity contribution in [3.63, 3.8) is 0 Å². The molecule has 0 radical (unpaired) electrons. The van der Waals surface area contributed by atoms with Crippen molar-refractivity contribution in [2.75, 3.05) is 79.8 Å². The molecular formula is C59H75F2N7O7. The maximum absolute atomic E-state index is 14.6. The second kappa shape index (κ2) is 26.6. The highest BCUT2D eigenvalue weighted by Crippen LogP contribution is 2.29. The van der Waals surface area contributed by atoms with E-state index in [1.165, 1.54) is 24.3 Å². The standard InChI is InChI=1S/C59H75F2N7O7/c1-40(62-2)55(69)64-54(46-28-36-75-37-29-46)59(73)68-31-5-7-52(68)39-66(33-25-42-10-22-50(61)23-11-42)57(71)48-18-14-44(15-19-48)43-12-16-47(17-13-43)56(70)65(32-24-41-8-20-49(60)21-9-41)38-51-6-4-30-67(51)58(72)53(63-3)45-26-34-74-35-27-45/h8-23,40,45-46,51-54,62-63H,4-7,24-39H2,1-3H3,(H,64,69)/t40-,51-,52-,53-,54-/m0/s1. The van der Waals surface area contributed by atoms with E-state index in [9.17, 15) is 32.8 Å². The summed E-state index contributed by atoms with van der Waals surface area (Å²) in [5, 5.41) is 9.32. The molecule has 0 spiro atoms. The van der Waals surface area contributed by atoms with Crippen LogP contribution in [0.15, 0.2) is 97.1 Å². The lowest BCUT2D eigenvalue weighted by molar-refractivity contribution is -0.140. The number of halogens is 2. The van der Waals surface area contributed by atoms with Crippen LogP contribution in [0.2, 0.25) is 0 Å². The predicted molar refractivity (Wildman–Crippen MR) is 284 cm³/mol. The van der Waals surface area contributed by atoms with Crippen LogP contribution in [-0.2, 0) is 36.7 Å². The van der Waals surface area contributed by atoms with Crippen LogP contribution in [-0.4, -0.2) is 159 Å². The molecule has 4 aliphatic rings. The summed E-state index contributed by atoms with van der Waals surface area (Å²) in [5.74, 6) is -1.23. The topological polar surface area (TPSA) is 153 Å². The van der Waals surface area contributed by atoms with Gasteiger partial charge in [-0.25, -0.2) is 8.78 Å². The molecule has 0 saturated carbocycles. The first kappa shape index (κ1) is 55.2. The van der Waals surface area contributed by atoms with Gasteiger partial charge < -0.3 is 45.0 Å². The first-order valence-electron chi connectivity index (χ1n) is 27.1. The Balaban J connectivity index is 0.971. The summed E-state index contributed by atoms with van der Waals surface area (Å²) >= 11 is 0. The monoisotopic (exact) mass is 1030 g/mol. The molecule has 8 rings (SSSR count). The molecule has 4 fully saturated rings. The zero-order valence-electron chi connectivity index (χ0n) is 43.8. The third-order valence-electron chi connectivity index (χ3n) is 16.0. The smallest absolute Gasteiger partial charge is 0.253 e. The molecule has 0 unspecified atom stereocenters. The Bertz CT molecular complexity index is 2520. The van der Waals surface area contributed by atoms with E-state index in [1.807, 2.05) is 58.1 Å². The third-order valence-corrected chi connectivity index (χ3v) is 16.0. The highest BCUT2D eigenvalue weighted by Gasteiger charge is 2.41. The van der Waals surface area contributed by atoms with E-state index in [-0.39, 0.29) is 77.7 Å². The maximum atomic E-state index is 14.6. The van der Waals surface area contributed by atoms with Gasteiger partial charge in [-0.3, -0.25) is 24.0 Å². The van der Waals surface area contributed by atoms with Crippen molar-refractivity contribution >= 4 is 29.5 Å². The molecule has 4 aromatic rings. The number of rotatable bonds is 21. The molecule has 0 aromatic heterocycles. The quantitative estimate of drug-likeness (QED) is 0.0848. The molecule has 16 heteroatoms. The molecule has 3 N–H and O–H groups in total. The van der Waals surface area contributed by atoms with Gasteiger partial charge in [-0.1, -0.05) is 48.5 Å². The zero-order chi connectivity index (χ0) is 52.8. The van der Waals surface area contributed by atoms with Crippen molar-refractivity contribution in [1.82, 2.24) is 35.6 Å². The van der Waals surface area contributed by atoms with Gasteiger partial charge in [0.05, 0.1) is 12.1 Å². The van der Waals surface area contributed by atoms with Gasteiger partial charge in [0, 0.05) is 88.9 Å². The van der Waals surface area contributed by atoms with Gasteiger partial charge in [0.15, 0.2) is 0 Å². The average molecular weight is 1030 g/mol. The van der Waals surface area contributed by atoms with Crippen molar-refractivity contribution in [3.8, 4) is 11.1 Å². The van der Waals surface area contributed by atoms with E-state index in [1.54, 1.807) is 55.3 Å². The molecular weight excluding hydrogens is 957 g/mol. The van der Waals surface area contributed by atoms with Crippen LogP contribution in [0.3, 0.4) is 0 Å². The van der Waals surface area contributed by atoms with Crippen molar-refractivity contribution in [3.05, 3.63) is 131 Å². The lowest BCUT2D eigenvalue weighted by Gasteiger charge is -2.37. The number of hydrogen-bond acceptors (Lipinski definition) is 9. The van der Waals surface area contributed by atoms with Gasteiger partial charge in [0.25, 0.3) is 11.8 Å². The minimum Gasteiger partial charge on any atom is -0.381 e. The second-order valence-electron chi connectivity index (χ2n) is 20.7. The second-order valence-corrected chi connectivity index (χ2v) is 20.7. The molecule has 4 heterocycles. The molecule has 5 amide bonds. The predicted octanol–water partition coefficient (Wildman–Crippen LogP) is 6.52. The third kappa shape index (κ3) is 14.3. The summed E-state index contributed by atoms with van der Waals surface area (Å²) < 4.78 is 38.9. The summed E-state index contributed by atoms with van der Waals surface area (Å²) in [6.45, 7) is 6.60. The van der Waals surface area contributed by atoms with Crippen LogP contribution < -0.4 is 16.0 Å². The number of likely N-dealkylation sites (tertiary alicyclic amines) is 2. The average Bonchev–Trinajstić information content (AvgIpc) is 4.13. The van der Waals surface area contributed by atoms with Gasteiger partial charge >= 0.3 is 0 Å².